The Hall–Kier alpha value is -1.66. The molecule has 21 heavy (non-hydrogen) atoms. The second-order valence-electron chi connectivity index (χ2n) is 5.30. The summed E-state index contributed by atoms with van der Waals surface area (Å²) >= 11 is 1.63. The van der Waals surface area contributed by atoms with Crippen LogP contribution in [0.4, 0.5) is 0 Å². The molecule has 1 aromatic heterocycles. The van der Waals surface area contributed by atoms with Gasteiger partial charge in [-0.1, -0.05) is 12.1 Å². The van der Waals surface area contributed by atoms with Crippen molar-refractivity contribution in [2.45, 2.75) is 13.0 Å². The van der Waals surface area contributed by atoms with Crippen LogP contribution in [0.3, 0.4) is 0 Å². The number of hydrogen-bond acceptors (Lipinski definition) is 4. The van der Waals surface area contributed by atoms with Crippen LogP contribution in [0, 0.1) is 5.92 Å². The number of thiophene rings is 1. The molecule has 0 atom stereocenters. The third kappa shape index (κ3) is 4.68. The Kier molecular flexibility index (Phi) is 5.52. The molecule has 0 bridgehead atoms. The van der Waals surface area contributed by atoms with Gasteiger partial charge in [-0.3, -0.25) is 14.5 Å². The molecule has 5 nitrogen and oxygen atoms in total. The molecule has 2 rings (SSSR count). The van der Waals surface area contributed by atoms with E-state index in [1.54, 1.807) is 22.3 Å². The molecule has 1 aromatic rings. The van der Waals surface area contributed by atoms with Crippen molar-refractivity contribution in [3.8, 4) is 0 Å². The summed E-state index contributed by atoms with van der Waals surface area (Å²) in [5, 5.41) is 10.7. The highest BCUT2D eigenvalue weighted by Crippen LogP contribution is 2.19. The van der Waals surface area contributed by atoms with Gasteiger partial charge in [0.1, 0.15) is 0 Å². The molecule has 0 unspecified atom stereocenters. The van der Waals surface area contributed by atoms with Crippen LogP contribution in [-0.2, 0) is 16.1 Å². The Morgan fingerprint density at radius 1 is 1.52 bits per heavy atom. The van der Waals surface area contributed by atoms with Crippen LogP contribution in [0.2, 0.25) is 0 Å². The molecule has 0 aromatic carbocycles. The van der Waals surface area contributed by atoms with Crippen molar-refractivity contribution in [2.75, 3.05) is 26.2 Å². The third-order valence-electron chi connectivity index (χ3n) is 3.48. The number of rotatable bonds is 8. The van der Waals surface area contributed by atoms with Crippen LogP contribution in [0.15, 0.2) is 30.2 Å². The first-order chi connectivity index (χ1) is 10.1. The molecule has 1 fully saturated rings. The van der Waals surface area contributed by atoms with Crippen molar-refractivity contribution in [3.05, 3.63) is 35.0 Å². The van der Waals surface area contributed by atoms with Crippen LogP contribution in [0.1, 0.15) is 11.3 Å². The van der Waals surface area contributed by atoms with E-state index in [2.05, 4.69) is 6.58 Å². The van der Waals surface area contributed by atoms with Crippen molar-refractivity contribution >= 4 is 23.2 Å². The van der Waals surface area contributed by atoms with E-state index in [9.17, 15) is 9.59 Å². The summed E-state index contributed by atoms with van der Waals surface area (Å²) in [5.74, 6) is -0.519. The Balaban J connectivity index is 1.80. The number of carboxylic acids is 1. The molecule has 2 heterocycles. The maximum atomic E-state index is 12.3. The quantitative estimate of drug-likeness (QED) is 0.742. The molecule has 1 amide bonds. The molecular formula is C15H20N2O3S. The Morgan fingerprint density at radius 2 is 2.29 bits per heavy atom. The summed E-state index contributed by atoms with van der Waals surface area (Å²) in [6.45, 7) is 6.58. The standard InChI is InChI=1S/C15H20N2O3S/c1-2-5-17(10-13-4-3-6-21-13)14(18)11-16-8-12(9-16)7-15(19)20/h2-4,6,12H,1,5,7-11H2,(H,19,20). The molecule has 0 saturated carbocycles. The normalized spacial score (nSPS) is 15.4. The van der Waals surface area contributed by atoms with Gasteiger partial charge in [-0.15, -0.1) is 17.9 Å². The maximum absolute atomic E-state index is 12.3. The number of nitrogens with zero attached hydrogens (tertiary/aromatic N) is 2. The predicted molar refractivity (Wildman–Crippen MR) is 82.1 cm³/mol. The minimum atomic E-state index is -0.767. The number of amides is 1. The molecule has 114 valence electrons. The van der Waals surface area contributed by atoms with Crippen LogP contribution < -0.4 is 0 Å². The molecule has 1 aliphatic rings. The lowest BCUT2D eigenvalue weighted by atomic mass is 9.96. The molecule has 1 saturated heterocycles. The summed E-state index contributed by atoms with van der Waals surface area (Å²) < 4.78 is 0. The number of carbonyl (C=O) groups is 2. The second-order valence-corrected chi connectivity index (χ2v) is 6.33. The maximum Gasteiger partial charge on any atom is 0.303 e. The van der Waals surface area contributed by atoms with Gasteiger partial charge in [-0.05, 0) is 17.4 Å². The first-order valence-electron chi connectivity index (χ1n) is 6.93. The lowest BCUT2D eigenvalue weighted by Crippen LogP contribution is -2.51. The van der Waals surface area contributed by atoms with Crippen LogP contribution in [0.25, 0.3) is 0 Å². The van der Waals surface area contributed by atoms with E-state index in [0.29, 0.717) is 32.7 Å². The van der Waals surface area contributed by atoms with Crippen LogP contribution >= 0.6 is 11.3 Å². The van der Waals surface area contributed by atoms with Gasteiger partial charge in [0.15, 0.2) is 0 Å². The molecule has 1 aliphatic heterocycles. The zero-order chi connectivity index (χ0) is 15.2. The number of likely N-dealkylation sites (tertiary alicyclic amines) is 1. The number of hydrogen-bond donors (Lipinski definition) is 1. The SMILES string of the molecule is C=CCN(Cc1cccs1)C(=O)CN1CC(CC(=O)O)C1. The first kappa shape index (κ1) is 15.7. The molecular weight excluding hydrogens is 288 g/mol. The van der Waals surface area contributed by atoms with Crippen molar-refractivity contribution in [3.63, 3.8) is 0 Å². The van der Waals surface area contributed by atoms with Gasteiger partial charge in [-0.2, -0.15) is 0 Å². The molecule has 0 spiro atoms. The summed E-state index contributed by atoms with van der Waals surface area (Å²) in [4.78, 5) is 27.8. The lowest BCUT2D eigenvalue weighted by molar-refractivity contribution is -0.140. The van der Waals surface area contributed by atoms with Crippen molar-refractivity contribution in [1.82, 2.24) is 9.80 Å². The highest BCUT2D eigenvalue weighted by atomic mass is 32.1. The second kappa shape index (κ2) is 7.38. The summed E-state index contributed by atoms with van der Waals surface area (Å²) in [6.07, 6.45) is 1.92. The van der Waals surface area contributed by atoms with Crippen molar-refractivity contribution in [2.24, 2.45) is 5.92 Å². The van der Waals surface area contributed by atoms with Gasteiger partial charge < -0.3 is 10.0 Å². The van der Waals surface area contributed by atoms with E-state index in [4.69, 9.17) is 5.11 Å². The van der Waals surface area contributed by atoms with Gasteiger partial charge in [0.2, 0.25) is 5.91 Å². The summed E-state index contributed by atoms with van der Waals surface area (Å²) in [6, 6.07) is 3.99. The summed E-state index contributed by atoms with van der Waals surface area (Å²) in [7, 11) is 0. The highest BCUT2D eigenvalue weighted by Gasteiger charge is 2.30. The molecule has 1 N–H and O–H groups in total. The predicted octanol–water partition coefficient (Wildman–Crippen LogP) is 1.67. The minimum absolute atomic E-state index is 0.0667. The number of aliphatic carboxylic acids is 1. The van der Waals surface area contributed by atoms with Gasteiger partial charge in [-0.25, -0.2) is 0 Å². The summed E-state index contributed by atoms with van der Waals surface area (Å²) in [5.41, 5.74) is 0. The van der Waals surface area contributed by atoms with Gasteiger partial charge in [0, 0.05) is 24.5 Å². The van der Waals surface area contributed by atoms with E-state index < -0.39 is 5.97 Å². The van der Waals surface area contributed by atoms with E-state index in [1.165, 1.54) is 0 Å². The van der Waals surface area contributed by atoms with E-state index in [0.717, 1.165) is 4.88 Å². The van der Waals surface area contributed by atoms with Crippen molar-refractivity contribution in [1.29, 1.82) is 0 Å². The highest BCUT2D eigenvalue weighted by molar-refractivity contribution is 7.09. The fourth-order valence-electron chi connectivity index (χ4n) is 2.47. The van der Waals surface area contributed by atoms with Crippen LogP contribution in [-0.4, -0.2) is 53.0 Å². The zero-order valence-electron chi connectivity index (χ0n) is 11.9. The van der Waals surface area contributed by atoms with E-state index in [-0.39, 0.29) is 18.2 Å². The third-order valence-corrected chi connectivity index (χ3v) is 4.35. The molecule has 6 heteroatoms. The largest absolute Gasteiger partial charge is 0.481 e. The molecule has 0 radical (unpaired) electrons. The topological polar surface area (TPSA) is 60.9 Å². The molecule has 0 aliphatic carbocycles. The van der Waals surface area contributed by atoms with Gasteiger partial charge in [0.05, 0.1) is 19.5 Å². The fourth-order valence-corrected chi connectivity index (χ4v) is 3.19. The van der Waals surface area contributed by atoms with E-state index in [1.807, 2.05) is 22.4 Å². The minimum Gasteiger partial charge on any atom is -0.481 e. The van der Waals surface area contributed by atoms with Crippen molar-refractivity contribution < 1.29 is 14.7 Å². The Labute approximate surface area is 128 Å². The average Bonchev–Trinajstić information content (AvgIpc) is 2.88. The first-order valence-corrected chi connectivity index (χ1v) is 7.81. The average molecular weight is 308 g/mol. The monoisotopic (exact) mass is 308 g/mol. The number of carboxylic acid groups (broad SMARTS) is 1. The van der Waals surface area contributed by atoms with Crippen LogP contribution in [0.5, 0.6) is 0 Å². The number of carbonyl (C=O) groups excluding carboxylic acids is 1. The zero-order valence-corrected chi connectivity index (χ0v) is 12.7. The van der Waals surface area contributed by atoms with Gasteiger partial charge in [0.25, 0.3) is 0 Å². The fraction of sp³-hybridized carbons (Fsp3) is 0.467. The Bertz CT molecular complexity index is 495. The lowest BCUT2D eigenvalue weighted by Gasteiger charge is -2.39. The smallest absolute Gasteiger partial charge is 0.303 e. The van der Waals surface area contributed by atoms with E-state index >= 15 is 0 Å². The Morgan fingerprint density at radius 3 is 2.86 bits per heavy atom. The van der Waals surface area contributed by atoms with Gasteiger partial charge >= 0.3 is 5.97 Å².